The SMILES string of the molecule is COc1cccc([C@H]2OC(c3ccc(OCCCO)cc3)=N[C@@]2(C/C=C/c2ccccc2)C(=O)NCc2ccc(F)cc2F)c1. The van der Waals surface area contributed by atoms with E-state index in [1.54, 1.807) is 43.5 Å². The number of ether oxygens (including phenoxy) is 3. The van der Waals surface area contributed by atoms with E-state index in [1.807, 2.05) is 54.6 Å². The smallest absolute Gasteiger partial charge is 0.252 e. The van der Waals surface area contributed by atoms with Crippen molar-refractivity contribution < 1.29 is 32.9 Å². The maximum atomic E-state index is 14.5. The maximum absolute atomic E-state index is 14.5. The van der Waals surface area contributed by atoms with Gasteiger partial charge in [0, 0.05) is 43.2 Å². The number of aliphatic hydroxyl groups excluding tert-OH is 1. The molecule has 232 valence electrons. The first-order valence-corrected chi connectivity index (χ1v) is 14.6. The topological polar surface area (TPSA) is 89.4 Å². The first-order chi connectivity index (χ1) is 21.9. The molecule has 45 heavy (non-hydrogen) atoms. The van der Waals surface area contributed by atoms with Crippen molar-refractivity contribution in [2.75, 3.05) is 20.3 Å². The van der Waals surface area contributed by atoms with Gasteiger partial charge in [-0.15, -0.1) is 0 Å². The summed E-state index contributed by atoms with van der Waals surface area (Å²) in [4.78, 5) is 19.2. The molecule has 0 bridgehead atoms. The largest absolute Gasteiger partial charge is 0.497 e. The zero-order chi connectivity index (χ0) is 31.6. The Bertz CT molecular complexity index is 1660. The maximum Gasteiger partial charge on any atom is 0.252 e. The molecule has 0 saturated carbocycles. The van der Waals surface area contributed by atoms with E-state index in [4.69, 9.17) is 24.3 Å². The highest BCUT2D eigenvalue weighted by Crippen LogP contribution is 2.43. The third-order valence-electron chi connectivity index (χ3n) is 7.42. The number of methoxy groups -OCH3 is 1. The minimum Gasteiger partial charge on any atom is -0.497 e. The fourth-order valence-electron chi connectivity index (χ4n) is 5.05. The summed E-state index contributed by atoms with van der Waals surface area (Å²) in [5, 5.41) is 11.9. The number of aliphatic hydroxyl groups is 1. The van der Waals surface area contributed by atoms with Gasteiger partial charge in [-0.2, -0.15) is 0 Å². The monoisotopic (exact) mass is 612 g/mol. The summed E-state index contributed by atoms with van der Waals surface area (Å²) in [6.45, 7) is 0.229. The Labute approximate surface area is 260 Å². The van der Waals surface area contributed by atoms with Crippen LogP contribution in [0.5, 0.6) is 11.5 Å². The van der Waals surface area contributed by atoms with E-state index < -0.39 is 29.2 Å². The van der Waals surface area contributed by atoms with E-state index in [2.05, 4.69) is 5.32 Å². The van der Waals surface area contributed by atoms with Crippen LogP contribution in [0.4, 0.5) is 8.78 Å². The van der Waals surface area contributed by atoms with Gasteiger partial charge in [-0.3, -0.25) is 4.79 Å². The van der Waals surface area contributed by atoms with Gasteiger partial charge in [0.25, 0.3) is 5.91 Å². The molecule has 0 fully saturated rings. The summed E-state index contributed by atoms with van der Waals surface area (Å²) < 4.78 is 45.7. The van der Waals surface area contributed by atoms with E-state index in [0.29, 0.717) is 35.7 Å². The summed E-state index contributed by atoms with van der Waals surface area (Å²) in [5.74, 6) is -0.503. The predicted octanol–water partition coefficient (Wildman–Crippen LogP) is 6.41. The van der Waals surface area contributed by atoms with Gasteiger partial charge in [0.05, 0.1) is 13.7 Å². The lowest BCUT2D eigenvalue weighted by Gasteiger charge is -2.30. The molecule has 4 aromatic rings. The zero-order valence-corrected chi connectivity index (χ0v) is 24.8. The number of aliphatic imine (C=N–C) groups is 1. The van der Waals surface area contributed by atoms with E-state index in [1.165, 1.54) is 6.07 Å². The van der Waals surface area contributed by atoms with Crippen LogP contribution in [-0.4, -0.2) is 42.8 Å². The van der Waals surface area contributed by atoms with Crippen LogP contribution in [0.15, 0.2) is 108 Å². The Morgan fingerprint density at radius 2 is 1.80 bits per heavy atom. The van der Waals surface area contributed by atoms with Gasteiger partial charge in [0.2, 0.25) is 5.90 Å². The molecule has 0 spiro atoms. The summed E-state index contributed by atoms with van der Waals surface area (Å²) >= 11 is 0. The number of hydrogen-bond donors (Lipinski definition) is 2. The third kappa shape index (κ3) is 7.56. The number of nitrogens with one attached hydrogen (secondary N) is 1. The fraction of sp³-hybridized carbons (Fsp3) is 0.222. The summed E-state index contributed by atoms with van der Waals surface area (Å²) in [5.41, 5.74) is 0.869. The van der Waals surface area contributed by atoms with Crippen LogP contribution in [0.3, 0.4) is 0 Å². The Balaban J connectivity index is 1.54. The lowest BCUT2D eigenvalue weighted by Crippen LogP contribution is -2.47. The van der Waals surface area contributed by atoms with Crippen molar-refractivity contribution in [2.24, 2.45) is 4.99 Å². The number of rotatable bonds is 13. The first kappa shape index (κ1) is 31.4. The molecule has 7 nitrogen and oxygen atoms in total. The zero-order valence-electron chi connectivity index (χ0n) is 24.8. The summed E-state index contributed by atoms with van der Waals surface area (Å²) in [6, 6.07) is 27.3. The number of nitrogens with zero attached hydrogens (tertiary/aromatic N) is 1. The normalized spacial score (nSPS) is 17.5. The van der Waals surface area contributed by atoms with Gasteiger partial charge in [-0.25, -0.2) is 13.8 Å². The van der Waals surface area contributed by atoms with Crippen LogP contribution in [0.1, 0.15) is 41.2 Å². The van der Waals surface area contributed by atoms with Crippen LogP contribution < -0.4 is 14.8 Å². The molecule has 1 aliphatic rings. The van der Waals surface area contributed by atoms with Crippen molar-refractivity contribution in [1.82, 2.24) is 5.32 Å². The van der Waals surface area contributed by atoms with Gasteiger partial charge >= 0.3 is 0 Å². The molecular weight excluding hydrogens is 578 g/mol. The Hall–Kier alpha value is -5.02. The highest BCUT2D eigenvalue weighted by Gasteiger charge is 2.52. The predicted molar refractivity (Wildman–Crippen MR) is 168 cm³/mol. The summed E-state index contributed by atoms with van der Waals surface area (Å²) in [7, 11) is 1.56. The highest BCUT2D eigenvalue weighted by atomic mass is 19.1. The molecule has 2 atom stereocenters. The second kappa shape index (κ2) is 14.6. The van der Waals surface area contributed by atoms with Crippen LogP contribution in [0.25, 0.3) is 6.08 Å². The number of carbonyl (C=O) groups is 1. The van der Waals surface area contributed by atoms with Gasteiger partial charge in [0.15, 0.2) is 11.6 Å². The lowest BCUT2D eigenvalue weighted by atomic mass is 9.84. The molecular formula is C36H34F2N2O5. The first-order valence-electron chi connectivity index (χ1n) is 14.6. The fourth-order valence-corrected chi connectivity index (χ4v) is 5.05. The molecule has 9 heteroatoms. The molecule has 4 aromatic carbocycles. The number of amides is 1. The number of halogens is 2. The quantitative estimate of drug-likeness (QED) is 0.170. The third-order valence-corrected chi connectivity index (χ3v) is 7.42. The van der Waals surface area contributed by atoms with Crippen LogP contribution in [-0.2, 0) is 16.1 Å². The van der Waals surface area contributed by atoms with Gasteiger partial charge < -0.3 is 24.6 Å². The minimum atomic E-state index is -1.50. The second-order valence-corrected chi connectivity index (χ2v) is 10.5. The van der Waals surface area contributed by atoms with Crippen LogP contribution in [0, 0.1) is 11.6 Å². The lowest BCUT2D eigenvalue weighted by molar-refractivity contribution is -0.129. The molecule has 1 heterocycles. The van der Waals surface area contributed by atoms with E-state index >= 15 is 0 Å². The number of benzene rings is 4. The van der Waals surface area contributed by atoms with Crippen LogP contribution in [0.2, 0.25) is 0 Å². The molecule has 0 saturated heterocycles. The van der Waals surface area contributed by atoms with Crippen molar-refractivity contribution in [3.63, 3.8) is 0 Å². The Morgan fingerprint density at radius 1 is 1.00 bits per heavy atom. The Morgan fingerprint density at radius 3 is 2.53 bits per heavy atom. The summed E-state index contributed by atoms with van der Waals surface area (Å²) in [6.07, 6.45) is 3.56. The van der Waals surface area contributed by atoms with Crippen molar-refractivity contribution in [1.29, 1.82) is 0 Å². The molecule has 0 aliphatic carbocycles. The number of carbonyl (C=O) groups excluding carboxylic acids is 1. The average molecular weight is 613 g/mol. The molecule has 1 aliphatic heterocycles. The highest BCUT2D eigenvalue weighted by molar-refractivity contribution is 6.01. The van der Waals surface area contributed by atoms with Gasteiger partial charge in [-0.05, 0) is 53.6 Å². The average Bonchev–Trinajstić information content (AvgIpc) is 3.46. The standard InChI is InChI=1S/C36H34F2N2O5/c1-43-31-12-5-11-27(22-31)33-36(19-6-10-25-8-3-2-4-9-25,35(42)39-24-28-13-16-29(37)23-32(28)38)40-34(45-33)26-14-17-30(18-15-26)44-21-7-20-41/h2-6,8-18,22-23,33,41H,7,19-21,24H2,1H3,(H,39,42)/b10-6+/t33-,36-/m1/s1. The van der Waals surface area contributed by atoms with Gasteiger partial charge in [0.1, 0.15) is 23.1 Å². The molecule has 0 unspecified atom stereocenters. The van der Waals surface area contributed by atoms with Crippen molar-refractivity contribution in [3.8, 4) is 11.5 Å². The molecule has 0 aromatic heterocycles. The van der Waals surface area contributed by atoms with E-state index in [0.717, 1.165) is 17.7 Å². The van der Waals surface area contributed by atoms with E-state index in [-0.39, 0.29) is 31.0 Å². The molecule has 5 rings (SSSR count). The molecule has 2 N–H and O–H groups in total. The molecule has 1 amide bonds. The second-order valence-electron chi connectivity index (χ2n) is 10.5. The van der Waals surface area contributed by atoms with E-state index in [9.17, 15) is 13.6 Å². The van der Waals surface area contributed by atoms with Crippen molar-refractivity contribution >= 4 is 17.9 Å². The molecule has 0 radical (unpaired) electrons. The number of hydrogen-bond acceptors (Lipinski definition) is 6. The van der Waals surface area contributed by atoms with Gasteiger partial charge in [-0.1, -0.05) is 60.7 Å². The minimum absolute atomic E-state index is 0.0328. The van der Waals surface area contributed by atoms with Crippen LogP contribution >= 0.6 is 0 Å². The van der Waals surface area contributed by atoms with Crippen molar-refractivity contribution in [2.45, 2.75) is 31.0 Å². The Kier molecular flexibility index (Phi) is 10.2. The van der Waals surface area contributed by atoms with Crippen molar-refractivity contribution in [3.05, 3.63) is 137 Å².